The predicted molar refractivity (Wildman–Crippen MR) is 117 cm³/mol. The third-order valence-corrected chi connectivity index (χ3v) is 5.25. The fourth-order valence-electron chi connectivity index (χ4n) is 3.59. The summed E-state index contributed by atoms with van der Waals surface area (Å²) in [6, 6.07) is 15.0. The number of carboxylic acids is 1. The van der Waals surface area contributed by atoms with Gasteiger partial charge in [0.05, 0.1) is 7.11 Å². The van der Waals surface area contributed by atoms with E-state index in [9.17, 15) is 13.6 Å². The molecular weight excluding hydrogens is 416 g/mol. The van der Waals surface area contributed by atoms with Gasteiger partial charge in [0, 0.05) is 35.2 Å². The summed E-state index contributed by atoms with van der Waals surface area (Å²) in [5.41, 5.74) is 3.98. The molecule has 0 spiro atoms. The van der Waals surface area contributed by atoms with Gasteiger partial charge >= 0.3 is 5.97 Å². The van der Waals surface area contributed by atoms with Crippen molar-refractivity contribution in [2.45, 2.75) is 19.4 Å². The SMILES string of the molecule is COc1cc(F)c(F)cc1-c1ccc(OCc2ccc3c(CCC(=O)O)c[nH]c3c2)cc1. The number of halogens is 2. The zero-order chi connectivity index (χ0) is 22.7. The van der Waals surface area contributed by atoms with Crippen LogP contribution in [0.5, 0.6) is 11.5 Å². The molecule has 0 aliphatic carbocycles. The van der Waals surface area contributed by atoms with Crippen LogP contribution in [0.4, 0.5) is 8.78 Å². The predicted octanol–water partition coefficient (Wildman–Crippen LogP) is 5.72. The molecule has 0 aliphatic rings. The Balaban J connectivity index is 1.45. The van der Waals surface area contributed by atoms with Crippen LogP contribution in [-0.4, -0.2) is 23.2 Å². The molecule has 0 saturated heterocycles. The molecule has 2 N–H and O–H groups in total. The summed E-state index contributed by atoms with van der Waals surface area (Å²) in [4.78, 5) is 14.0. The van der Waals surface area contributed by atoms with Crippen molar-refractivity contribution in [1.82, 2.24) is 4.98 Å². The van der Waals surface area contributed by atoms with Crippen molar-refractivity contribution < 1.29 is 28.2 Å². The van der Waals surface area contributed by atoms with E-state index in [0.29, 0.717) is 29.9 Å². The van der Waals surface area contributed by atoms with E-state index in [-0.39, 0.29) is 12.2 Å². The van der Waals surface area contributed by atoms with E-state index in [1.807, 2.05) is 24.4 Å². The van der Waals surface area contributed by atoms with Crippen molar-refractivity contribution >= 4 is 16.9 Å². The summed E-state index contributed by atoms with van der Waals surface area (Å²) in [6.07, 6.45) is 2.40. The van der Waals surface area contributed by atoms with Gasteiger partial charge in [-0.05, 0) is 47.4 Å². The molecule has 7 heteroatoms. The monoisotopic (exact) mass is 437 g/mol. The van der Waals surface area contributed by atoms with Gasteiger partial charge in [-0.3, -0.25) is 4.79 Å². The summed E-state index contributed by atoms with van der Waals surface area (Å²) in [5, 5.41) is 9.87. The van der Waals surface area contributed by atoms with Crippen molar-refractivity contribution in [2.75, 3.05) is 7.11 Å². The number of fused-ring (bicyclic) bond motifs is 1. The van der Waals surface area contributed by atoms with Crippen molar-refractivity contribution in [3.63, 3.8) is 0 Å². The van der Waals surface area contributed by atoms with Gasteiger partial charge in [-0.25, -0.2) is 8.78 Å². The average Bonchev–Trinajstić information content (AvgIpc) is 3.20. The lowest BCUT2D eigenvalue weighted by Gasteiger charge is -2.11. The van der Waals surface area contributed by atoms with Gasteiger partial charge in [0.15, 0.2) is 11.6 Å². The van der Waals surface area contributed by atoms with Crippen molar-refractivity contribution in [2.24, 2.45) is 0 Å². The van der Waals surface area contributed by atoms with Gasteiger partial charge in [-0.1, -0.05) is 24.3 Å². The Morgan fingerprint density at radius 1 is 1.03 bits per heavy atom. The fraction of sp³-hybridized carbons (Fsp3) is 0.160. The Labute approximate surface area is 183 Å². The summed E-state index contributed by atoms with van der Waals surface area (Å²) < 4.78 is 38.2. The number of ether oxygens (including phenoxy) is 2. The zero-order valence-electron chi connectivity index (χ0n) is 17.3. The maximum atomic E-state index is 13.7. The highest BCUT2D eigenvalue weighted by atomic mass is 19.2. The molecule has 0 aliphatic heterocycles. The van der Waals surface area contributed by atoms with Crippen LogP contribution in [0.3, 0.4) is 0 Å². The second kappa shape index (κ2) is 9.09. The minimum Gasteiger partial charge on any atom is -0.496 e. The standard InChI is InChI=1S/C25H21F2NO4/c1-31-24-12-22(27)21(26)11-20(24)16-3-6-18(7-4-16)32-14-15-2-8-19-17(5-9-25(29)30)13-28-23(19)10-15/h2-4,6-8,10-13,28H,5,9,14H2,1H3,(H,29,30). The number of H-pyrrole nitrogens is 1. The third-order valence-electron chi connectivity index (χ3n) is 5.25. The number of aliphatic carboxylic acids is 1. The van der Waals surface area contributed by atoms with Gasteiger partial charge in [-0.2, -0.15) is 0 Å². The highest BCUT2D eigenvalue weighted by Crippen LogP contribution is 2.33. The fourth-order valence-corrected chi connectivity index (χ4v) is 3.59. The molecule has 1 aromatic heterocycles. The number of aryl methyl sites for hydroxylation is 1. The largest absolute Gasteiger partial charge is 0.496 e. The highest BCUT2D eigenvalue weighted by Gasteiger charge is 2.12. The molecule has 4 aromatic rings. The van der Waals surface area contributed by atoms with Crippen LogP contribution >= 0.6 is 0 Å². The third kappa shape index (κ3) is 4.56. The Hall–Kier alpha value is -3.87. The molecule has 0 unspecified atom stereocenters. The first-order valence-corrected chi connectivity index (χ1v) is 10.0. The molecule has 0 atom stereocenters. The molecule has 32 heavy (non-hydrogen) atoms. The number of benzene rings is 3. The molecule has 1 heterocycles. The second-order valence-electron chi connectivity index (χ2n) is 7.37. The molecule has 5 nitrogen and oxygen atoms in total. The van der Waals surface area contributed by atoms with Crippen LogP contribution in [0.2, 0.25) is 0 Å². The molecular formula is C25H21F2NO4. The zero-order valence-corrected chi connectivity index (χ0v) is 17.3. The van der Waals surface area contributed by atoms with Gasteiger partial charge in [0.1, 0.15) is 18.1 Å². The van der Waals surface area contributed by atoms with E-state index in [2.05, 4.69) is 4.98 Å². The second-order valence-corrected chi connectivity index (χ2v) is 7.37. The Morgan fingerprint density at radius 2 is 1.78 bits per heavy atom. The summed E-state index contributed by atoms with van der Waals surface area (Å²) in [7, 11) is 1.41. The van der Waals surface area contributed by atoms with E-state index in [4.69, 9.17) is 14.6 Å². The molecule has 3 aromatic carbocycles. The minimum atomic E-state index is -0.960. The minimum absolute atomic E-state index is 0.0875. The Kier molecular flexibility index (Phi) is 6.07. The number of rotatable bonds is 8. The van der Waals surface area contributed by atoms with Crippen LogP contribution in [0, 0.1) is 11.6 Å². The first-order valence-electron chi connectivity index (χ1n) is 10.0. The number of nitrogens with one attached hydrogen (secondary N) is 1. The normalized spacial score (nSPS) is 11.0. The number of hydrogen-bond acceptors (Lipinski definition) is 3. The molecule has 4 rings (SSSR count). The maximum Gasteiger partial charge on any atom is 0.303 e. The number of carbonyl (C=O) groups is 1. The van der Waals surface area contributed by atoms with Crippen LogP contribution in [0.15, 0.2) is 60.8 Å². The molecule has 0 radical (unpaired) electrons. The number of aromatic amines is 1. The van der Waals surface area contributed by atoms with E-state index in [1.165, 1.54) is 7.11 Å². The molecule has 164 valence electrons. The average molecular weight is 437 g/mol. The van der Waals surface area contributed by atoms with Crippen LogP contribution in [0.1, 0.15) is 17.5 Å². The van der Waals surface area contributed by atoms with Gasteiger partial charge in [0.25, 0.3) is 0 Å². The molecule has 0 bridgehead atoms. The number of methoxy groups -OCH3 is 1. The van der Waals surface area contributed by atoms with Crippen LogP contribution in [0.25, 0.3) is 22.0 Å². The quantitative estimate of drug-likeness (QED) is 0.370. The number of hydrogen-bond donors (Lipinski definition) is 2. The van der Waals surface area contributed by atoms with Crippen molar-refractivity contribution in [3.05, 3.63) is 83.6 Å². The van der Waals surface area contributed by atoms with Crippen molar-refractivity contribution in [3.8, 4) is 22.6 Å². The van der Waals surface area contributed by atoms with Crippen molar-refractivity contribution in [1.29, 1.82) is 0 Å². The number of carboxylic acid groups (broad SMARTS) is 1. The highest BCUT2D eigenvalue weighted by molar-refractivity contribution is 5.84. The molecule has 0 amide bonds. The molecule has 0 saturated carbocycles. The lowest BCUT2D eigenvalue weighted by molar-refractivity contribution is -0.136. The van der Waals surface area contributed by atoms with E-state index in [1.54, 1.807) is 24.3 Å². The van der Waals surface area contributed by atoms with Gasteiger partial charge < -0.3 is 19.6 Å². The molecule has 0 fully saturated rings. The van der Waals surface area contributed by atoms with E-state index < -0.39 is 17.6 Å². The summed E-state index contributed by atoms with van der Waals surface area (Å²) in [6.45, 7) is 0.341. The van der Waals surface area contributed by atoms with Gasteiger partial charge in [0.2, 0.25) is 0 Å². The van der Waals surface area contributed by atoms with E-state index in [0.717, 1.165) is 34.2 Å². The maximum absolute atomic E-state index is 13.7. The topological polar surface area (TPSA) is 71.6 Å². The van der Waals surface area contributed by atoms with E-state index >= 15 is 0 Å². The van der Waals surface area contributed by atoms with Crippen LogP contribution < -0.4 is 9.47 Å². The summed E-state index contributed by atoms with van der Waals surface area (Å²) in [5.74, 6) is -1.84. The Bertz CT molecular complexity index is 1270. The lowest BCUT2D eigenvalue weighted by Crippen LogP contribution is -1.97. The number of aromatic nitrogens is 1. The Morgan fingerprint density at radius 3 is 2.50 bits per heavy atom. The first kappa shape index (κ1) is 21.4. The first-order chi connectivity index (χ1) is 15.4. The lowest BCUT2D eigenvalue weighted by atomic mass is 10.0. The van der Waals surface area contributed by atoms with Crippen LogP contribution in [-0.2, 0) is 17.8 Å². The smallest absolute Gasteiger partial charge is 0.303 e. The summed E-state index contributed by atoms with van der Waals surface area (Å²) >= 11 is 0. The van der Waals surface area contributed by atoms with Gasteiger partial charge in [-0.15, -0.1) is 0 Å².